The van der Waals surface area contributed by atoms with Crippen LogP contribution in [0.5, 0.6) is 0 Å². The standard InChI is InChI=1S/C18H17ClF2N2O2/c1-2-23(17(25)10-12-6-3-4-7-13(12)19)11-16(24)22-18-14(20)8-5-9-15(18)21/h3-9H,2,10-11H2,1H3,(H,22,24). The number of nitrogens with one attached hydrogen (secondary N) is 1. The molecule has 0 saturated heterocycles. The van der Waals surface area contributed by atoms with Crippen molar-refractivity contribution in [1.82, 2.24) is 4.90 Å². The summed E-state index contributed by atoms with van der Waals surface area (Å²) in [4.78, 5) is 25.7. The van der Waals surface area contributed by atoms with E-state index in [0.29, 0.717) is 10.6 Å². The molecule has 0 atom stereocenters. The minimum Gasteiger partial charge on any atom is -0.333 e. The van der Waals surface area contributed by atoms with Gasteiger partial charge in [-0.3, -0.25) is 9.59 Å². The van der Waals surface area contributed by atoms with Gasteiger partial charge in [-0.25, -0.2) is 8.78 Å². The first-order valence-corrected chi connectivity index (χ1v) is 8.05. The molecule has 2 rings (SSSR count). The summed E-state index contributed by atoms with van der Waals surface area (Å²) in [5.74, 6) is -2.74. The smallest absolute Gasteiger partial charge is 0.244 e. The SMILES string of the molecule is CCN(CC(=O)Nc1c(F)cccc1F)C(=O)Cc1ccccc1Cl. The Labute approximate surface area is 149 Å². The average Bonchev–Trinajstić information content (AvgIpc) is 2.58. The van der Waals surface area contributed by atoms with E-state index in [0.717, 1.165) is 12.1 Å². The van der Waals surface area contributed by atoms with Gasteiger partial charge in [0, 0.05) is 11.6 Å². The molecular formula is C18H17ClF2N2O2. The van der Waals surface area contributed by atoms with Crippen molar-refractivity contribution in [2.24, 2.45) is 0 Å². The molecule has 7 heteroatoms. The van der Waals surface area contributed by atoms with E-state index < -0.39 is 23.2 Å². The fourth-order valence-electron chi connectivity index (χ4n) is 2.26. The predicted molar refractivity (Wildman–Crippen MR) is 92.4 cm³/mol. The normalized spacial score (nSPS) is 10.4. The van der Waals surface area contributed by atoms with Gasteiger partial charge in [0.15, 0.2) is 0 Å². The van der Waals surface area contributed by atoms with Crippen LogP contribution in [0.4, 0.5) is 14.5 Å². The second kappa shape index (κ2) is 8.58. The molecule has 132 valence electrons. The molecule has 0 fully saturated rings. The average molecular weight is 367 g/mol. The number of halogens is 3. The number of para-hydroxylation sites is 1. The molecule has 0 saturated carbocycles. The Kier molecular flexibility index (Phi) is 6.47. The van der Waals surface area contributed by atoms with Crippen LogP contribution in [0.15, 0.2) is 42.5 Å². The van der Waals surface area contributed by atoms with E-state index in [1.165, 1.54) is 11.0 Å². The Morgan fingerprint density at radius 3 is 2.32 bits per heavy atom. The van der Waals surface area contributed by atoms with E-state index in [-0.39, 0.29) is 25.4 Å². The lowest BCUT2D eigenvalue weighted by atomic mass is 10.1. The largest absolute Gasteiger partial charge is 0.333 e. The molecule has 2 aromatic rings. The number of likely N-dealkylation sites (N-methyl/N-ethyl adjacent to an activating group) is 1. The summed E-state index contributed by atoms with van der Waals surface area (Å²) in [6, 6.07) is 10.2. The van der Waals surface area contributed by atoms with Crippen molar-refractivity contribution in [2.45, 2.75) is 13.3 Å². The van der Waals surface area contributed by atoms with Crippen LogP contribution in [0.1, 0.15) is 12.5 Å². The van der Waals surface area contributed by atoms with E-state index in [2.05, 4.69) is 5.32 Å². The van der Waals surface area contributed by atoms with Crippen LogP contribution < -0.4 is 5.32 Å². The number of carbonyl (C=O) groups is 2. The van der Waals surface area contributed by atoms with Crippen LogP contribution >= 0.6 is 11.6 Å². The maximum absolute atomic E-state index is 13.6. The summed E-state index contributed by atoms with van der Waals surface area (Å²) in [6.45, 7) is 1.67. The van der Waals surface area contributed by atoms with Crippen molar-refractivity contribution >= 4 is 29.1 Å². The lowest BCUT2D eigenvalue weighted by Crippen LogP contribution is -2.39. The highest BCUT2D eigenvalue weighted by atomic mass is 35.5. The molecule has 2 aromatic carbocycles. The van der Waals surface area contributed by atoms with E-state index >= 15 is 0 Å². The first-order chi connectivity index (χ1) is 11.9. The van der Waals surface area contributed by atoms with Gasteiger partial charge in [-0.05, 0) is 30.7 Å². The molecule has 0 aliphatic carbocycles. The molecular weight excluding hydrogens is 350 g/mol. The van der Waals surface area contributed by atoms with Crippen LogP contribution in [0.2, 0.25) is 5.02 Å². The molecule has 1 N–H and O–H groups in total. The summed E-state index contributed by atoms with van der Waals surface area (Å²) in [7, 11) is 0. The molecule has 4 nitrogen and oxygen atoms in total. The van der Waals surface area contributed by atoms with Crippen LogP contribution in [0.25, 0.3) is 0 Å². The van der Waals surface area contributed by atoms with Crippen LogP contribution in [0, 0.1) is 11.6 Å². The van der Waals surface area contributed by atoms with Gasteiger partial charge in [0.25, 0.3) is 0 Å². The Morgan fingerprint density at radius 1 is 1.08 bits per heavy atom. The lowest BCUT2D eigenvalue weighted by Gasteiger charge is -2.21. The van der Waals surface area contributed by atoms with Crippen molar-refractivity contribution in [2.75, 3.05) is 18.4 Å². The monoisotopic (exact) mass is 366 g/mol. The van der Waals surface area contributed by atoms with E-state index in [1.54, 1.807) is 31.2 Å². The number of rotatable bonds is 6. The highest BCUT2D eigenvalue weighted by Gasteiger charge is 2.19. The minimum absolute atomic E-state index is 0.0366. The molecule has 0 aliphatic heterocycles. The third-order valence-electron chi connectivity index (χ3n) is 3.60. The molecule has 0 aromatic heterocycles. The van der Waals surface area contributed by atoms with Crippen molar-refractivity contribution in [1.29, 1.82) is 0 Å². The summed E-state index contributed by atoms with van der Waals surface area (Å²) >= 11 is 6.03. The van der Waals surface area contributed by atoms with Crippen molar-refractivity contribution in [3.8, 4) is 0 Å². The zero-order valence-corrected chi connectivity index (χ0v) is 14.3. The van der Waals surface area contributed by atoms with E-state index in [1.807, 2.05) is 0 Å². The number of benzene rings is 2. The summed E-state index contributed by atoms with van der Waals surface area (Å²) < 4.78 is 27.1. The second-order valence-corrected chi connectivity index (χ2v) is 5.73. The number of hydrogen-bond acceptors (Lipinski definition) is 2. The summed E-state index contributed by atoms with van der Waals surface area (Å²) in [6.07, 6.45) is 0.0366. The Hall–Kier alpha value is -2.47. The minimum atomic E-state index is -0.876. The highest BCUT2D eigenvalue weighted by Crippen LogP contribution is 2.18. The Balaban J connectivity index is 2.02. The molecule has 2 amide bonds. The number of carbonyl (C=O) groups excluding carboxylic acids is 2. The van der Waals surface area contributed by atoms with Gasteiger partial charge in [-0.1, -0.05) is 35.9 Å². The molecule has 0 aliphatic rings. The molecule has 0 bridgehead atoms. The zero-order chi connectivity index (χ0) is 18.4. The van der Waals surface area contributed by atoms with Crippen molar-refractivity contribution in [3.05, 3.63) is 64.7 Å². The topological polar surface area (TPSA) is 49.4 Å². The second-order valence-electron chi connectivity index (χ2n) is 5.32. The molecule has 0 heterocycles. The molecule has 25 heavy (non-hydrogen) atoms. The number of hydrogen-bond donors (Lipinski definition) is 1. The Morgan fingerprint density at radius 2 is 1.72 bits per heavy atom. The van der Waals surface area contributed by atoms with Crippen LogP contribution in [0.3, 0.4) is 0 Å². The highest BCUT2D eigenvalue weighted by molar-refractivity contribution is 6.31. The fourth-order valence-corrected chi connectivity index (χ4v) is 2.46. The van der Waals surface area contributed by atoms with Gasteiger partial charge >= 0.3 is 0 Å². The van der Waals surface area contributed by atoms with Gasteiger partial charge in [0.05, 0.1) is 13.0 Å². The Bertz CT molecular complexity index is 763. The van der Waals surface area contributed by atoms with E-state index in [4.69, 9.17) is 11.6 Å². The van der Waals surface area contributed by atoms with Gasteiger partial charge < -0.3 is 10.2 Å². The first-order valence-electron chi connectivity index (χ1n) is 7.67. The number of anilines is 1. The predicted octanol–water partition coefficient (Wildman–Crippen LogP) is 3.65. The third kappa shape index (κ3) is 5.00. The zero-order valence-electron chi connectivity index (χ0n) is 13.6. The molecule has 0 spiro atoms. The van der Waals surface area contributed by atoms with Crippen molar-refractivity contribution < 1.29 is 18.4 Å². The first kappa shape index (κ1) is 18.9. The van der Waals surface area contributed by atoms with Gasteiger partial charge in [-0.15, -0.1) is 0 Å². The number of amides is 2. The van der Waals surface area contributed by atoms with Gasteiger partial charge in [0.2, 0.25) is 11.8 Å². The van der Waals surface area contributed by atoms with Crippen LogP contribution in [-0.2, 0) is 16.0 Å². The maximum atomic E-state index is 13.6. The van der Waals surface area contributed by atoms with Crippen LogP contribution in [-0.4, -0.2) is 29.8 Å². The van der Waals surface area contributed by atoms with Crippen molar-refractivity contribution in [3.63, 3.8) is 0 Å². The molecule has 0 radical (unpaired) electrons. The van der Waals surface area contributed by atoms with E-state index in [9.17, 15) is 18.4 Å². The quantitative estimate of drug-likeness (QED) is 0.848. The van der Waals surface area contributed by atoms with Gasteiger partial charge in [-0.2, -0.15) is 0 Å². The lowest BCUT2D eigenvalue weighted by molar-refractivity contribution is -0.133. The van der Waals surface area contributed by atoms with Gasteiger partial charge in [0.1, 0.15) is 17.3 Å². The maximum Gasteiger partial charge on any atom is 0.244 e. The summed E-state index contributed by atoms with van der Waals surface area (Å²) in [5, 5.41) is 2.63. The molecule has 0 unspecified atom stereocenters. The third-order valence-corrected chi connectivity index (χ3v) is 3.96. The number of nitrogens with zero attached hydrogens (tertiary/aromatic N) is 1. The summed E-state index contributed by atoms with van der Waals surface area (Å²) in [5.41, 5.74) is 0.121. The fraction of sp³-hybridized carbons (Fsp3) is 0.222.